The number of esters is 2. The second-order valence-corrected chi connectivity index (χ2v) is 7.10. The number of rotatable bonds is 2. The second kappa shape index (κ2) is 9.45. The first kappa shape index (κ1) is 24.7. The molecule has 0 aromatic heterocycles. The van der Waals surface area contributed by atoms with Gasteiger partial charge >= 0.3 is 11.9 Å². The first-order chi connectivity index (χ1) is 11.3. The van der Waals surface area contributed by atoms with Gasteiger partial charge in [0.1, 0.15) is 0 Å². The van der Waals surface area contributed by atoms with Crippen LogP contribution in [0.1, 0.15) is 39.5 Å². The van der Waals surface area contributed by atoms with Gasteiger partial charge in [-0.05, 0) is 13.8 Å². The van der Waals surface area contributed by atoms with E-state index in [1.165, 1.54) is 14.2 Å². The van der Waals surface area contributed by atoms with E-state index < -0.39 is 5.60 Å². The molecule has 0 aliphatic carbocycles. The zero-order chi connectivity index (χ0) is 17.5. The first-order valence-corrected chi connectivity index (χ1v) is 8.25. The first-order valence-electron chi connectivity index (χ1n) is 8.25. The third-order valence-corrected chi connectivity index (χ3v) is 5.47. The molecule has 0 aromatic carbocycles. The molecule has 4 atom stereocenters. The predicted octanol–water partition coefficient (Wildman–Crippen LogP) is 2.33. The van der Waals surface area contributed by atoms with Crippen LogP contribution in [0.3, 0.4) is 0 Å². The Morgan fingerprint density at radius 3 is 2.04 bits per heavy atom. The molecule has 8 heteroatoms. The average Bonchev–Trinajstić information content (AvgIpc) is 3.30. The normalized spacial score (nSPS) is 35.9. The zero-order valence-electron chi connectivity index (χ0n) is 15.7. The molecule has 0 aromatic rings. The minimum Gasteiger partial charge on any atom is -0.544 e. The van der Waals surface area contributed by atoms with E-state index in [9.17, 15) is 9.59 Å². The summed E-state index contributed by atoms with van der Waals surface area (Å²) in [6.07, 6.45) is 9.25. The fourth-order valence-electron chi connectivity index (χ4n) is 3.90. The van der Waals surface area contributed by atoms with Crippen molar-refractivity contribution in [2.24, 2.45) is 11.8 Å². The molecule has 26 heavy (non-hydrogen) atoms. The monoisotopic (exact) mass is 514 g/mol. The summed E-state index contributed by atoms with van der Waals surface area (Å²) >= 11 is 0. The number of fused-ring (bicyclic) bond motifs is 4. The molecule has 4 unspecified atom stereocenters. The number of hydrogen-bond donors (Lipinski definition) is 0. The second-order valence-electron chi connectivity index (χ2n) is 7.10. The van der Waals surface area contributed by atoms with Crippen LogP contribution >= 0.6 is 0 Å². The maximum absolute atomic E-state index is 11.3. The quantitative estimate of drug-likeness (QED) is 0.417. The minimum atomic E-state index is -0.442. The van der Waals surface area contributed by atoms with Crippen molar-refractivity contribution in [3.8, 4) is 0 Å². The number of ether oxygens (including phenoxy) is 4. The zero-order valence-corrected chi connectivity index (χ0v) is 21.4. The van der Waals surface area contributed by atoms with Gasteiger partial charge in [0.15, 0.2) is 0 Å². The van der Waals surface area contributed by atoms with Gasteiger partial charge in [-0.1, -0.05) is 18.9 Å². The summed E-state index contributed by atoms with van der Waals surface area (Å²) in [6, 6.07) is 0. The molecular weight excluding hydrogens is 490 g/mol. The molecule has 6 nitrogen and oxygen atoms in total. The summed E-state index contributed by atoms with van der Waals surface area (Å²) in [5, 5.41) is 0. The molecule has 140 valence electrons. The van der Waals surface area contributed by atoms with E-state index in [4.69, 9.17) is 14.2 Å². The third kappa shape index (κ3) is 4.63. The van der Waals surface area contributed by atoms with E-state index in [1.807, 2.05) is 26.0 Å². The Morgan fingerprint density at radius 1 is 1.04 bits per heavy atom. The van der Waals surface area contributed by atoms with E-state index in [1.54, 1.807) is 0 Å². The number of methoxy groups -OCH3 is 2. The average molecular weight is 514 g/mol. The molecule has 2 radical (unpaired) electrons. The molecule has 0 N–H and O–H groups in total. The van der Waals surface area contributed by atoms with Crippen LogP contribution in [0.5, 0.6) is 0 Å². The van der Waals surface area contributed by atoms with Crippen LogP contribution in [-0.2, 0) is 94.0 Å². The third-order valence-electron chi connectivity index (χ3n) is 5.47. The largest absolute Gasteiger partial charge is 0.544 e. The van der Waals surface area contributed by atoms with Gasteiger partial charge in [-0.2, -0.15) is 18.6 Å². The molecule has 4 rings (SSSR count). The van der Waals surface area contributed by atoms with Crippen LogP contribution in [0.2, 0.25) is 0 Å². The van der Waals surface area contributed by atoms with E-state index in [-0.39, 0.29) is 94.8 Å². The van der Waals surface area contributed by atoms with Gasteiger partial charge in [0, 0.05) is 76.6 Å². The number of carbonyl (C=O) groups is 2. The Morgan fingerprint density at radius 2 is 1.65 bits per heavy atom. The predicted molar refractivity (Wildman–Crippen MR) is 84.1 cm³/mol. The van der Waals surface area contributed by atoms with Crippen molar-refractivity contribution in [3.05, 3.63) is 24.4 Å². The van der Waals surface area contributed by atoms with Gasteiger partial charge in [0.25, 0.3) is 0 Å². The maximum atomic E-state index is 11.3. The Hall–Kier alpha value is 0.678. The SMILES string of the molecule is COC(=O)C1C[C-]2C=CC1(C)O2.COC(=O)C1C[C-]2CCC1(C)O2.[Y].[Y]. The van der Waals surface area contributed by atoms with Gasteiger partial charge in [-0.15, -0.1) is 6.42 Å². The van der Waals surface area contributed by atoms with E-state index in [0.717, 1.165) is 31.5 Å². The molecule has 4 bridgehead atoms. The van der Waals surface area contributed by atoms with Crippen LogP contribution in [-0.4, -0.2) is 37.4 Å². The van der Waals surface area contributed by atoms with Crippen molar-refractivity contribution in [1.82, 2.24) is 0 Å². The summed E-state index contributed by atoms with van der Waals surface area (Å²) in [5.41, 5.74) is -0.704. The van der Waals surface area contributed by atoms with Gasteiger partial charge < -0.3 is 18.9 Å². The van der Waals surface area contributed by atoms with Crippen LogP contribution in [0.4, 0.5) is 0 Å². The van der Waals surface area contributed by atoms with Gasteiger partial charge in [0.2, 0.25) is 0 Å². The summed E-state index contributed by atoms with van der Waals surface area (Å²) in [7, 11) is 2.84. The molecule has 0 spiro atoms. The molecule has 3 fully saturated rings. The van der Waals surface area contributed by atoms with Gasteiger partial charge in [-0.25, -0.2) is 6.08 Å². The van der Waals surface area contributed by atoms with E-state index in [2.05, 4.69) is 4.74 Å². The smallest absolute Gasteiger partial charge is 0.309 e. The fourth-order valence-corrected chi connectivity index (χ4v) is 3.90. The number of carbonyl (C=O) groups excluding carboxylic acids is 2. The number of hydrogen-bond acceptors (Lipinski definition) is 6. The van der Waals surface area contributed by atoms with Crippen molar-refractivity contribution in [3.63, 3.8) is 0 Å². The minimum absolute atomic E-state index is 0. The van der Waals surface area contributed by atoms with Crippen LogP contribution in [0, 0.1) is 24.0 Å². The topological polar surface area (TPSA) is 71.1 Å². The van der Waals surface area contributed by atoms with E-state index in [0.29, 0.717) is 6.42 Å². The van der Waals surface area contributed by atoms with Crippen LogP contribution in [0.25, 0.3) is 0 Å². The Kier molecular flexibility index (Phi) is 8.98. The Balaban J connectivity index is 0.000000241. The van der Waals surface area contributed by atoms with Crippen molar-refractivity contribution >= 4 is 11.9 Å². The van der Waals surface area contributed by atoms with Crippen molar-refractivity contribution < 1.29 is 94.0 Å². The summed E-state index contributed by atoms with van der Waals surface area (Å²) in [4.78, 5) is 22.6. The van der Waals surface area contributed by atoms with E-state index >= 15 is 0 Å². The molecule has 0 amide bonds. The van der Waals surface area contributed by atoms with Gasteiger partial charge in [-0.3, -0.25) is 9.59 Å². The molecule has 0 saturated carbocycles. The van der Waals surface area contributed by atoms with Crippen molar-refractivity contribution in [2.75, 3.05) is 14.2 Å². The Labute approximate surface area is 205 Å². The van der Waals surface area contributed by atoms with Crippen molar-refractivity contribution in [1.29, 1.82) is 0 Å². The molecule has 4 heterocycles. The molecular formula is C18H24O6Y2-2. The summed E-state index contributed by atoms with van der Waals surface area (Å²) in [6.45, 7) is 3.90. The van der Waals surface area contributed by atoms with Crippen molar-refractivity contribution in [2.45, 2.75) is 50.7 Å². The maximum Gasteiger partial charge on any atom is 0.309 e. The standard InChI is InChI=1S/C9H13O3.C9H11O3.2Y/c2*1-9-4-3-6(12-9)5-7(9)8(10)11-2;;/h7H,3-5H2,1-2H3;3-4,7H,5H2,1-2H3;;/q2*-1;;. The molecule has 4 aliphatic heterocycles. The summed E-state index contributed by atoms with van der Waals surface area (Å²) < 4.78 is 20.5. The molecule has 3 saturated heterocycles. The van der Waals surface area contributed by atoms with Crippen LogP contribution in [0.15, 0.2) is 12.2 Å². The fraction of sp³-hybridized carbons (Fsp3) is 0.667. The Bertz CT molecular complexity index is 568. The van der Waals surface area contributed by atoms with Crippen LogP contribution < -0.4 is 0 Å². The van der Waals surface area contributed by atoms with Gasteiger partial charge in [0.05, 0.1) is 26.1 Å². The summed E-state index contributed by atoms with van der Waals surface area (Å²) in [5.74, 6) is -0.530. The molecule has 4 aliphatic rings.